The largest absolute Gasteiger partial charge is 0.493 e. The standard InChI is InChI=1S/C18H13ClFNO4/c1-24-16-7-2-4-11(8-12(9-21)18(22)23)17(16)25-10-13-14(19)5-3-6-15(13)20/h2-8H,10H2,1H3,(H,22,23). The molecule has 0 aliphatic heterocycles. The average Bonchev–Trinajstić information content (AvgIpc) is 2.59. The van der Waals surface area contributed by atoms with E-state index in [2.05, 4.69) is 0 Å². The fourth-order valence-electron chi connectivity index (χ4n) is 2.07. The molecule has 2 rings (SSSR count). The van der Waals surface area contributed by atoms with Crippen molar-refractivity contribution < 1.29 is 23.8 Å². The molecule has 0 amide bonds. The van der Waals surface area contributed by atoms with Gasteiger partial charge in [-0.1, -0.05) is 29.8 Å². The number of carboxylic acids is 1. The van der Waals surface area contributed by atoms with Crippen LogP contribution in [-0.2, 0) is 11.4 Å². The maximum atomic E-state index is 13.9. The molecular formula is C18H13ClFNO4. The normalized spacial score (nSPS) is 10.9. The van der Waals surface area contributed by atoms with Gasteiger partial charge in [0.1, 0.15) is 24.1 Å². The van der Waals surface area contributed by atoms with Crippen LogP contribution in [0.15, 0.2) is 42.0 Å². The third kappa shape index (κ3) is 4.28. The Morgan fingerprint density at radius 3 is 2.68 bits per heavy atom. The van der Waals surface area contributed by atoms with E-state index in [0.29, 0.717) is 11.3 Å². The smallest absolute Gasteiger partial charge is 0.346 e. The Morgan fingerprint density at radius 1 is 1.36 bits per heavy atom. The Balaban J connectivity index is 2.43. The molecule has 0 heterocycles. The van der Waals surface area contributed by atoms with Crippen molar-refractivity contribution in [2.45, 2.75) is 6.61 Å². The van der Waals surface area contributed by atoms with Gasteiger partial charge in [-0.15, -0.1) is 0 Å². The van der Waals surface area contributed by atoms with E-state index in [1.165, 1.54) is 25.3 Å². The number of carboxylic acid groups (broad SMARTS) is 1. The molecule has 0 atom stereocenters. The van der Waals surface area contributed by atoms with Gasteiger partial charge in [0.05, 0.1) is 12.1 Å². The predicted octanol–water partition coefficient (Wildman–Crippen LogP) is 4.06. The summed E-state index contributed by atoms with van der Waals surface area (Å²) in [5.74, 6) is -1.40. The van der Waals surface area contributed by atoms with Crippen LogP contribution in [-0.4, -0.2) is 18.2 Å². The van der Waals surface area contributed by atoms with E-state index in [9.17, 15) is 9.18 Å². The molecule has 0 aromatic heterocycles. The number of ether oxygens (including phenoxy) is 2. The van der Waals surface area contributed by atoms with Crippen molar-refractivity contribution in [2.24, 2.45) is 0 Å². The molecule has 0 aliphatic carbocycles. The van der Waals surface area contributed by atoms with Gasteiger partial charge in [-0.2, -0.15) is 5.26 Å². The lowest BCUT2D eigenvalue weighted by Gasteiger charge is -2.14. The fourth-order valence-corrected chi connectivity index (χ4v) is 2.29. The van der Waals surface area contributed by atoms with E-state index in [1.807, 2.05) is 0 Å². The molecule has 0 aliphatic rings. The molecule has 5 nitrogen and oxygen atoms in total. The molecule has 7 heteroatoms. The molecule has 0 saturated carbocycles. The zero-order chi connectivity index (χ0) is 18.4. The summed E-state index contributed by atoms with van der Waals surface area (Å²) in [5.41, 5.74) is -0.00321. The first-order valence-electron chi connectivity index (χ1n) is 7.05. The molecule has 0 saturated heterocycles. The lowest BCUT2D eigenvalue weighted by molar-refractivity contribution is -0.132. The summed E-state index contributed by atoms with van der Waals surface area (Å²) < 4.78 is 24.7. The minimum Gasteiger partial charge on any atom is -0.493 e. The Kier molecular flexibility index (Phi) is 5.98. The number of para-hydroxylation sites is 1. The second-order valence-electron chi connectivity index (χ2n) is 4.84. The van der Waals surface area contributed by atoms with Crippen molar-refractivity contribution in [3.05, 3.63) is 63.9 Å². The van der Waals surface area contributed by atoms with Crippen molar-refractivity contribution >= 4 is 23.6 Å². The van der Waals surface area contributed by atoms with Crippen LogP contribution in [0.1, 0.15) is 11.1 Å². The topological polar surface area (TPSA) is 79.5 Å². The molecule has 2 aromatic rings. The minimum absolute atomic E-state index is 0.156. The molecule has 0 fully saturated rings. The van der Waals surface area contributed by atoms with Crippen molar-refractivity contribution in [1.29, 1.82) is 5.26 Å². The monoisotopic (exact) mass is 361 g/mol. The SMILES string of the molecule is COc1cccc(C=C(C#N)C(=O)O)c1OCc1c(F)cccc1Cl. The zero-order valence-corrected chi connectivity index (χ0v) is 13.9. The lowest BCUT2D eigenvalue weighted by Crippen LogP contribution is -2.03. The third-order valence-electron chi connectivity index (χ3n) is 3.30. The summed E-state index contributed by atoms with van der Waals surface area (Å²) in [5, 5.41) is 18.1. The average molecular weight is 362 g/mol. The highest BCUT2D eigenvalue weighted by Gasteiger charge is 2.15. The Hall–Kier alpha value is -3.04. The minimum atomic E-state index is -1.37. The van der Waals surface area contributed by atoms with E-state index in [0.717, 1.165) is 6.08 Å². The number of hydrogen-bond donors (Lipinski definition) is 1. The first-order valence-corrected chi connectivity index (χ1v) is 7.43. The second-order valence-corrected chi connectivity index (χ2v) is 5.25. The number of methoxy groups -OCH3 is 1. The van der Waals surface area contributed by atoms with Gasteiger partial charge in [0.15, 0.2) is 11.5 Å². The number of hydrogen-bond acceptors (Lipinski definition) is 4. The number of carbonyl (C=O) groups is 1. The van der Waals surface area contributed by atoms with Crippen LogP contribution in [0.5, 0.6) is 11.5 Å². The molecule has 0 spiro atoms. The van der Waals surface area contributed by atoms with Crippen LogP contribution in [0.3, 0.4) is 0 Å². The van der Waals surface area contributed by atoms with Crippen LogP contribution in [0, 0.1) is 17.1 Å². The van der Waals surface area contributed by atoms with Gasteiger partial charge < -0.3 is 14.6 Å². The first-order chi connectivity index (χ1) is 12.0. The number of rotatable bonds is 6. The van der Waals surface area contributed by atoms with E-state index in [-0.39, 0.29) is 22.9 Å². The van der Waals surface area contributed by atoms with Crippen LogP contribution in [0.25, 0.3) is 6.08 Å². The van der Waals surface area contributed by atoms with Crippen LogP contribution in [0.2, 0.25) is 5.02 Å². The molecule has 0 radical (unpaired) electrons. The molecule has 2 aromatic carbocycles. The number of nitrogens with zero attached hydrogens (tertiary/aromatic N) is 1. The molecule has 1 N–H and O–H groups in total. The van der Waals surface area contributed by atoms with E-state index < -0.39 is 17.4 Å². The Labute approximate surface area is 148 Å². The number of benzene rings is 2. The van der Waals surface area contributed by atoms with Gasteiger partial charge in [-0.3, -0.25) is 0 Å². The maximum Gasteiger partial charge on any atom is 0.346 e. The van der Waals surface area contributed by atoms with Gasteiger partial charge in [0.2, 0.25) is 0 Å². The van der Waals surface area contributed by atoms with Crippen LogP contribution in [0.4, 0.5) is 4.39 Å². The van der Waals surface area contributed by atoms with Crippen molar-refractivity contribution in [3.63, 3.8) is 0 Å². The Bertz CT molecular complexity index is 854. The third-order valence-corrected chi connectivity index (χ3v) is 3.66. The quantitative estimate of drug-likeness (QED) is 0.620. The fraction of sp³-hybridized carbons (Fsp3) is 0.111. The molecule has 0 bridgehead atoms. The summed E-state index contributed by atoms with van der Waals surface area (Å²) in [6, 6.07) is 10.6. The van der Waals surface area contributed by atoms with E-state index in [4.69, 9.17) is 31.4 Å². The predicted molar refractivity (Wildman–Crippen MR) is 90.0 cm³/mol. The summed E-state index contributed by atoms with van der Waals surface area (Å²) in [6.07, 6.45) is 1.16. The van der Waals surface area contributed by atoms with Crippen molar-refractivity contribution in [3.8, 4) is 17.6 Å². The van der Waals surface area contributed by atoms with Gasteiger partial charge >= 0.3 is 5.97 Å². The highest BCUT2D eigenvalue weighted by atomic mass is 35.5. The lowest BCUT2D eigenvalue weighted by atomic mass is 10.1. The second kappa shape index (κ2) is 8.18. The molecule has 0 unspecified atom stereocenters. The Morgan fingerprint density at radius 2 is 2.08 bits per heavy atom. The number of aliphatic carboxylic acids is 1. The summed E-state index contributed by atoms with van der Waals surface area (Å²) in [7, 11) is 1.41. The molecule has 25 heavy (non-hydrogen) atoms. The molecular weight excluding hydrogens is 349 g/mol. The van der Waals surface area contributed by atoms with Crippen LogP contribution < -0.4 is 9.47 Å². The number of halogens is 2. The van der Waals surface area contributed by atoms with Gasteiger partial charge in [-0.25, -0.2) is 9.18 Å². The van der Waals surface area contributed by atoms with Gasteiger partial charge in [-0.05, 0) is 24.3 Å². The summed E-state index contributed by atoms with van der Waals surface area (Å²) in [6.45, 7) is -0.193. The highest BCUT2D eigenvalue weighted by molar-refractivity contribution is 6.31. The number of nitriles is 1. The summed E-state index contributed by atoms with van der Waals surface area (Å²) >= 11 is 5.97. The zero-order valence-electron chi connectivity index (χ0n) is 13.1. The first kappa shape index (κ1) is 18.3. The molecule has 128 valence electrons. The summed E-state index contributed by atoms with van der Waals surface area (Å²) in [4.78, 5) is 11.0. The van der Waals surface area contributed by atoms with E-state index >= 15 is 0 Å². The highest BCUT2D eigenvalue weighted by Crippen LogP contribution is 2.34. The van der Waals surface area contributed by atoms with Gasteiger partial charge in [0, 0.05) is 11.1 Å². The maximum absolute atomic E-state index is 13.9. The van der Waals surface area contributed by atoms with Gasteiger partial charge in [0.25, 0.3) is 0 Å². The van der Waals surface area contributed by atoms with Crippen molar-refractivity contribution in [2.75, 3.05) is 7.11 Å². The van der Waals surface area contributed by atoms with Crippen molar-refractivity contribution in [1.82, 2.24) is 0 Å². The van der Waals surface area contributed by atoms with Crippen LogP contribution >= 0.6 is 11.6 Å². The van der Waals surface area contributed by atoms with E-state index in [1.54, 1.807) is 24.3 Å².